The van der Waals surface area contributed by atoms with Gasteiger partial charge in [-0.1, -0.05) is 6.07 Å². The standard InChI is InChI=1S/C28H38F4N6O4/c1-42-21(17-29)18-37(14-3-2-6-20-8-7-19-5-4-12-33-23(19)35-20)15-9-22(24(39)40)36-26(41)27(10-11-27)38-16-13-34-25(38)28(30,31)32/h7-8,13,16,21-22H,2-6,9-12,14-15,17-18H2,1H3,(H,33,35)(H,36,41)(H,39,40)/t21-,22+/m1/s1. The number of alkyl halides is 4. The Bertz CT molecular complexity index is 1220. The van der Waals surface area contributed by atoms with Crippen LogP contribution >= 0.6 is 0 Å². The predicted molar refractivity (Wildman–Crippen MR) is 146 cm³/mol. The van der Waals surface area contributed by atoms with Gasteiger partial charge in [0.1, 0.15) is 24.1 Å². The maximum absolute atomic E-state index is 13.4. The van der Waals surface area contributed by atoms with Crippen LogP contribution in [0.5, 0.6) is 0 Å². The number of ether oxygens (including phenoxy) is 1. The van der Waals surface area contributed by atoms with Crippen molar-refractivity contribution in [3.63, 3.8) is 0 Å². The van der Waals surface area contributed by atoms with Crippen molar-refractivity contribution in [2.45, 2.75) is 75.2 Å². The number of hydrogen-bond donors (Lipinski definition) is 3. The molecule has 1 aliphatic heterocycles. The molecule has 2 aromatic rings. The van der Waals surface area contributed by atoms with E-state index in [4.69, 9.17) is 9.72 Å². The van der Waals surface area contributed by atoms with Crippen LogP contribution in [0.3, 0.4) is 0 Å². The molecule has 232 valence electrons. The van der Waals surface area contributed by atoms with Crippen LogP contribution in [0.2, 0.25) is 0 Å². The van der Waals surface area contributed by atoms with Gasteiger partial charge in [0.25, 0.3) is 0 Å². The summed E-state index contributed by atoms with van der Waals surface area (Å²) in [6.45, 7) is 1.17. The lowest BCUT2D eigenvalue weighted by Crippen LogP contribution is -2.49. The lowest BCUT2D eigenvalue weighted by atomic mass is 10.1. The number of nitrogens with zero attached hydrogens (tertiary/aromatic N) is 4. The number of halogens is 4. The minimum atomic E-state index is -4.76. The van der Waals surface area contributed by atoms with Crippen LogP contribution in [-0.4, -0.2) is 88.5 Å². The molecule has 4 rings (SSSR count). The first-order valence-corrected chi connectivity index (χ1v) is 14.3. The third-order valence-corrected chi connectivity index (χ3v) is 7.92. The average molecular weight is 599 g/mol. The highest BCUT2D eigenvalue weighted by molar-refractivity contribution is 5.91. The summed E-state index contributed by atoms with van der Waals surface area (Å²) in [5.74, 6) is -2.37. The van der Waals surface area contributed by atoms with Crippen LogP contribution in [0.15, 0.2) is 24.5 Å². The molecule has 0 radical (unpaired) electrons. The molecule has 1 amide bonds. The topological polar surface area (TPSA) is 122 Å². The Labute approximate surface area is 241 Å². The fraction of sp³-hybridized carbons (Fsp3) is 0.643. The molecule has 14 heteroatoms. The number of imidazole rings is 1. The van der Waals surface area contributed by atoms with Crippen LogP contribution in [0.4, 0.5) is 23.4 Å². The maximum atomic E-state index is 13.4. The Morgan fingerprint density at radius 3 is 2.71 bits per heavy atom. The number of carbonyl (C=O) groups is 2. The molecule has 0 unspecified atom stereocenters. The molecule has 0 saturated heterocycles. The minimum Gasteiger partial charge on any atom is -0.480 e. The number of unbranched alkanes of at least 4 members (excludes halogenated alkanes) is 1. The smallest absolute Gasteiger partial charge is 0.449 e. The number of aliphatic carboxylic acids is 1. The summed E-state index contributed by atoms with van der Waals surface area (Å²) in [6.07, 6.45) is 1.25. The molecule has 3 N–H and O–H groups in total. The molecule has 42 heavy (non-hydrogen) atoms. The monoisotopic (exact) mass is 598 g/mol. The molecule has 1 fully saturated rings. The number of rotatable bonds is 16. The van der Waals surface area contributed by atoms with Crippen LogP contribution in [0, 0.1) is 0 Å². The third-order valence-electron chi connectivity index (χ3n) is 7.92. The zero-order chi connectivity index (χ0) is 30.3. The molecule has 2 aromatic heterocycles. The van der Waals surface area contributed by atoms with E-state index in [9.17, 15) is 32.3 Å². The second-order valence-electron chi connectivity index (χ2n) is 10.9. The summed E-state index contributed by atoms with van der Waals surface area (Å²) in [6, 6.07) is 2.79. The van der Waals surface area contributed by atoms with Gasteiger partial charge in [0.05, 0.1) is 6.10 Å². The van der Waals surface area contributed by atoms with Gasteiger partial charge < -0.3 is 29.9 Å². The Kier molecular flexibility index (Phi) is 10.4. The van der Waals surface area contributed by atoms with Crippen LogP contribution in [-0.2, 0) is 38.9 Å². The largest absolute Gasteiger partial charge is 0.480 e. The van der Waals surface area contributed by atoms with Gasteiger partial charge in [-0.15, -0.1) is 0 Å². The van der Waals surface area contributed by atoms with Crippen molar-refractivity contribution in [1.82, 2.24) is 24.8 Å². The molecule has 1 aliphatic carbocycles. The summed E-state index contributed by atoms with van der Waals surface area (Å²) in [5, 5.41) is 15.6. The number of fused-ring (bicyclic) bond motifs is 1. The lowest BCUT2D eigenvalue weighted by Gasteiger charge is -2.28. The summed E-state index contributed by atoms with van der Waals surface area (Å²) < 4.78 is 59.6. The van der Waals surface area contributed by atoms with Crippen molar-refractivity contribution in [3.8, 4) is 0 Å². The van der Waals surface area contributed by atoms with Gasteiger partial charge in [-0.25, -0.2) is 19.2 Å². The first-order valence-electron chi connectivity index (χ1n) is 14.3. The van der Waals surface area contributed by atoms with E-state index in [2.05, 4.69) is 21.7 Å². The third kappa shape index (κ3) is 7.77. The summed E-state index contributed by atoms with van der Waals surface area (Å²) >= 11 is 0. The van der Waals surface area contributed by atoms with E-state index in [1.165, 1.54) is 12.7 Å². The average Bonchev–Trinajstić information content (AvgIpc) is 3.61. The molecule has 0 aromatic carbocycles. The number of carboxylic acid groups (broad SMARTS) is 1. The molecular formula is C28H38F4N6O4. The molecular weight excluding hydrogens is 560 g/mol. The van der Waals surface area contributed by atoms with E-state index in [1.54, 1.807) is 0 Å². The highest BCUT2D eigenvalue weighted by Crippen LogP contribution is 2.46. The summed E-state index contributed by atoms with van der Waals surface area (Å²) in [4.78, 5) is 35.1. The number of anilines is 1. The Hall–Kier alpha value is -3.26. The molecule has 2 atom stereocenters. The Balaban J connectivity index is 1.34. The van der Waals surface area contributed by atoms with E-state index in [1.807, 2.05) is 11.0 Å². The second kappa shape index (κ2) is 13.8. The minimum absolute atomic E-state index is 0.0199. The molecule has 10 nitrogen and oxygen atoms in total. The molecule has 0 spiro atoms. The normalized spacial score (nSPS) is 17.3. The molecule has 1 saturated carbocycles. The van der Waals surface area contributed by atoms with Crippen LogP contribution in [0.1, 0.15) is 55.6 Å². The van der Waals surface area contributed by atoms with Gasteiger partial charge in [-0.2, -0.15) is 13.2 Å². The fourth-order valence-corrected chi connectivity index (χ4v) is 5.33. The van der Waals surface area contributed by atoms with Crippen LogP contribution in [0.25, 0.3) is 0 Å². The van der Waals surface area contributed by atoms with Crippen LogP contribution < -0.4 is 10.6 Å². The number of nitrogens with one attached hydrogen (secondary N) is 2. The number of carboxylic acids is 1. The van der Waals surface area contributed by atoms with E-state index in [0.29, 0.717) is 6.54 Å². The predicted octanol–water partition coefficient (Wildman–Crippen LogP) is 3.41. The number of amides is 1. The first-order chi connectivity index (χ1) is 20.1. The highest BCUT2D eigenvalue weighted by Gasteiger charge is 2.55. The number of aromatic nitrogens is 3. The number of aryl methyl sites for hydroxylation is 2. The highest BCUT2D eigenvalue weighted by atomic mass is 19.4. The van der Waals surface area contributed by atoms with Crippen molar-refractivity contribution in [2.75, 3.05) is 45.3 Å². The maximum Gasteiger partial charge on any atom is 0.449 e. The van der Waals surface area contributed by atoms with Gasteiger partial charge in [0.2, 0.25) is 11.7 Å². The van der Waals surface area contributed by atoms with Crippen molar-refractivity contribution in [1.29, 1.82) is 0 Å². The van der Waals surface area contributed by atoms with Crippen molar-refractivity contribution >= 4 is 17.7 Å². The van der Waals surface area contributed by atoms with E-state index in [-0.39, 0.29) is 32.4 Å². The van der Waals surface area contributed by atoms with E-state index < -0.39 is 48.2 Å². The lowest BCUT2D eigenvalue weighted by molar-refractivity contribution is -0.150. The summed E-state index contributed by atoms with van der Waals surface area (Å²) in [7, 11) is 1.40. The number of pyridine rings is 1. The zero-order valence-corrected chi connectivity index (χ0v) is 23.6. The molecule has 3 heterocycles. The number of methoxy groups -OCH3 is 1. The van der Waals surface area contributed by atoms with Gasteiger partial charge >= 0.3 is 12.1 Å². The van der Waals surface area contributed by atoms with Gasteiger partial charge in [0, 0.05) is 44.8 Å². The van der Waals surface area contributed by atoms with Gasteiger partial charge in [-0.3, -0.25) is 4.79 Å². The van der Waals surface area contributed by atoms with E-state index in [0.717, 1.165) is 67.1 Å². The Morgan fingerprint density at radius 1 is 1.26 bits per heavy atom. The SMILES string of the molecule is CO[C@H](CF)CN(CCCCc1ccc2c(n1)NCCC2)CC[C@H](NC(=O)C1(n2ccnc2C(F)(F)F)CC1)C(=O)O. The number of carbonyl (C=O) groups excluding carboxylic acids is 1. The Morgan fingerprint density at radius 2 is 2.05 bits per heavy atom. The number of hydrogen-bond acceptors (Lipinski definition) is 7. The van der Waals surface area contributed by atoms with Crippen molar-refractivity contribution < 1.29 is 37.0 Å². The fourth-order valence-electron chi connectivity index (χ4n) is 5.33. The van der Waals surface area contributed by atoms with Gasteiger partial charge in [0.15, 0.2) is 0 Å². The molecule has 2 aliphatic rings. The quantitative estimate of drug-likeness (QED) is 0.199. The zero-order valence-electron chi connectivity index (χ0n) is 23.6. The van der Waals surface area contributed by atoms with Crippen molar-refractivity contribution in [2.24, 2.45) is 0 Å². The summed E-state index contributed by atoms with van der Waals surface area (Å²) in [5.41, 5.74) is 0.665. The van der Waals surface area contributed by atoms with Crippen molar-refractivity contribution in [3.05, 3.63) is 41.6 Å². The van der Waals surface area contributed by atoms with E-state index >= 15 is 0 Å². The molecule has 0 bridgehead atoms. The first kappa shape index (κ1) is 31.7. The second-order valence-corrected chi connectivity index (χ2v) is 10.9. The van der Waals surface area contributed by atoms with Gasteiger partial charge in [-0.05, 0) is 69.5 Å².